The van der Waals surface area contributed by atoms with Crippen LogP contribution < -0.4 is 5.32 Å². The predicted octanol–water partition coefficient (Wildman–Crippen LogP) is 4.66. The van der Waals surface area contributed by atoms with Crippen molar-refractivity contribution in [3.05, 3.63) is 65.2 Å². The first-order valence-corrected chi connectivity index (χ1v) is 11.4. The summed E-state index contributed by atoms with van der Waals surface area (Å²) in [6, 6.07) is 14.5. The van der Waals surface area contributed by atoms with Crippen LogP contribution in [0.4, 0.5) is 5.69 Å². The van der Waals surface area contributed by atoms with Crippen molar-refractivity contribution in [1.29, 1.82) is 0 Å². The molecule has 1 saturated heterocycles. The Morgan fingerprint density at radius 3 is 2.47 bits per heavy atom. The van der Waals surface area contributed by atoms with Crippen molar-refractivity contribution in [2.24, 2.45) is 16.7 Å². The molecule has 168 valence electrons. The number of nitrogens with zero attached hydrogens (tertiary/aromatic N) is 1. The highest BCUT2D eigenvalue weighted by molar-refractivity contribution is 6.09. The maximum Gasteiger partial charge on any atom is 0.248 e. The molecule has 5 nitrogen and oxygen atoms in total. The number of hydrogen-bond acceptors (Lipinski definition) is 3. The number of aryl methyl sites for hydroxylation is 2. The fourth-order valence-corrected chi connectivity index (χ4v) is 5.37. The fraction of sp³-hybridized carbons (Fsp3) is 0.444. The van der Waals surface area contributed by atoms with E-state index in [1.165, 1.54) is 4.90 Å². The number of fused-ring (bicyclic) bond motifs is 2. The lowest BCUT2D eigenvalue weighted by atomic mass is 9.62. The van der Waals surface area contributed by atoms with Crippen LogP contribution in [0.2, 0.25) is 0 Å². The van der Waals surface area contributed by atoms with Gasteiger partial charge in [0.15, 0.2) is 0 Å². The Hall–Kier alpha value is -2.95. The van der Waals surface area contributed by atoms with Gasteiger partial charge in [0.2, 0.25) is 17.7 Å². The third kappa shape index (κ3) is 3.44. The van der Waals surface area contributed by atoms with Crippen LogP contribution >= 0.6 is 0 Å². The zero-order valence-corrected chi connectivity index (χ0v) is 19.6. The lowest BCUT2D eigenvalue weighted by molar-refractivity contribution is -0.172. The number of rotatable bonds is 5. The van der Waals surface area contributed by atoms with E-state index in [4.69, 9.17) is 0 Å². The fourth-order valence-electron chi connectivity index (χ4n) is 5.37. The van der Waals surface area contributed by atoms with Gasteiger partial charge in [-0.25, -0.2) is 0 Å². The van der Waals surface area contributed by atoms with Gasteiger partial charge in [0.25, 0.3) is 0 Å². The van der Waals surface area contributed by atoms with E-state index >= 15 is 0 Å². The first-order chi connectivity index (χ1) is 15.1. The summed E-state index contributed by atoms with van der Waals surface area (Å²) in [6.07, 6.45) is 1.64. The quantitative estimate of drug-likeness (QED) is 0.699. The minimum Gasteiger partial charge on any atom is -0.324 e. The van der Waals surface area contributed by atoms with Gasteiger partial charge in [-0.2, -0.15) is 0 Å². The van der Waals surface area contributed by atoms with Gasteiger partial charge < -0.3 is 5.32 Å². The number of benzene rings is 2. The summed E-state index contributed by atoms with van der Waals surface area (Å²) in [7, 11) is 0. The molecular formula is C27H32N2O3. The molecule has 1 heterocycles. The van der Waals surface area contributed by atoms with Crippen LogP contribution in [0.5, 0.6) is 0 Å². The molecule has 0 radical (unpaired) electrons. The van der Waals surface area contributed by atoms with Crippen LogP contribution in [0, 0.1) is 30.6 Å². The van der Waals surface area contributed by atoms with Crippen LogP contribution in [0.25, 0.3) is 0 Å². The number of anilines is 1. The zero-order chi connectivity index (χ0) is 23.3. The molecule has 2 aromatic carbocycles. The third-order valence-corrected chi connectivity index (χ3v) is 7.99. The summed E-state index contributed by atoms with van der Waals surface area (Å²) in [4.78, 5) is 42.3. The van der Waals surface area contributed by atoms with E-state index in [0.717, 1.165) is 16.7 Å². The Kier molecular flexibility index (Phi) is 5.48. The molecule has 3 amide bonds. The predicted molar refractivity (Wildman–Crippen MR) is 125 cm³/mol. The highest BCUT2D eigenvalue weighted by Gasteiger charge is 2.65. The van der Waals surface area contributed by atoms with E-state index < -0.39 is 16.9 Å². The summed E-state index contributed by atoms with van der Waals surface area (Å²) >= 11 is 0. The molecule has 5 heteroatoms. The molecule has 1 N–H and O–H groups in total. The van der Waals surface area contributed by atoms with Crippen molar-refractivity contribution >= 4 is 23.4 Å². The maximum atomic E-state index is 13.8. The van der Waals surface area contributed by atoms with E-state index in [2.05, 4.69) is 5.32 Å². The van der Waals surface area contributed by atoms with Crippen LogP contribution in [0.1, 0.15) is 50.3 Å². The molecule has 32 heavy (non-hydrogen) atoms. The smallest absolute Gasteiger partial charge is 0.248 e. The second-order valence-electron chi connectivity index (χ2n) is 10.2. The Balaban J connectivity index is 1.73. The third-order valence-electron chi connectivity index (χ3n) is 7.99. The number of amides is 3. The second-order valence-corrected chi connectivity index (χ2v) is 10.2. The van der Waals surface area contributed by atoms with E-state index in [1.54, 1.807) is 0 Å². The molecule has 0 aromatic heterocycles. The summed E-state index contributed by atoms with van der Waals surface area (Å²) in [5.74, 6) is -1.02. The maximum absolute atomic E-state index is 13.8. The Morgan fingerprint density at radius 2 is 1.78 bits per heavy atom. The molecule has 1 aliphatic carbocycles. The molecule has 3 atom stereocenters. The number of imide groups is 1. The van der Waals surface area contributed by atoms with Gasteiger partial charge >= 0.3 is 0 Å². The summed E-state index contributed by atoms with van der Waals surface area (Å²) in [6.45, 7) is 9.88. The monoisotopic (exact) mass is 432 g/mol. The van der Waals surface area contributed by atoms with E-state index in [9.17, 15) is 14.4 Å². The highest BCUT2D eigenvalue weighted by atomic mass is 16.2. The van der Waals surface area contributed by atoms with Crippen LogP contribution in [0.15, 0.2) is 48.5 Å². The standard InChI is InChI=1S/C27H32N2O3/c1-17-11-12-18(2)21(15-17)28-23(30)22(16-19-9-7-6-8-10-19)29-24(31)20-13-14-27(5,25(29)32)26(20,3)4/h6-12,15,20,22H,13-14,16H2,1-5H3,(H,28,30). The summed E-state index contributed by atoms with van der Waals surface area (Å²) in [5.41, 5.74) is 2.52. The van der Waals surface area contributed by atoms with Gasteiger partial charge in [-0.1, -0.05) is 63.2 Å². The van der Waals surface area contributed by atoms with Gasteiger partial charge in [0.1, 0.15) is 6.04 Å². The second kappa shape index (κ2) is 7.88. The molecule has 1 aliphatic heterocycles. The molecular weight excluding hydrogens is 400 g/mol. The van der Waals surface area contributed by atoms with Gasteiger partial charge in [-0.3, -0.25) is 19.3 Å². The lowest BCUT2D eigenvalue weighted by Gasteiger charge is -2.49. The van der Waals surface area contributed by atoms with Crippen molar-refractivity contribution in [1.82, 2.24) is 4.90 Å². The van der Waals surface area contributed by atoms with Gasteiger partial charge in [-0.05, 0) is 54.9 Å². The van der Waals surface area contributed by atoms with Crippen molar-refractivity contribution < 1.29 is 14.4 Å². The molecule has 2 fully saturated rings. The van der Waals surface area contributed by atoms with Crippen LogP contribution in [-0.2, 0) is 20.8 Å². The summed E-state index contributed by atoms with van der Waals surface area (Å²) in [5, 5.41) is 3.01. The first-order valence-electron chi connectivity index (χ1n) is 11.4. The molecule has 1 saturated carbocycles. The number of nitrogens with one attached hydrogen (secondary N) is 1. The number of carbonyl (C=O) groups is 3. The van der Waals surface area contributed by atoms with Gasteiger partial charge in [-0.15, -0.1) is 0 Å². The van der Waals surface area contributed by atoms with Crippen molar-refractivity contribution in [2.45, 2.75) is 59.9 Å². The molecule has 2 bridgehead atoms. The average molecular weight is 433 g/mol. The minimum atomic E-state index is -0.895. The molecule has 3 unspecified atom stereocenters. The van der Waals surface area contributed by atoms with Crippen LogP contribution in [-0.4, -0.2) is 28.7 Å². The van der Waals surface area contributed by atoms with E-state index in [0.29, 0.717) is 18.5 Å². The Morgan fingerprint density at radius 1 is 1.09 bits per heavy atom. The normalized spacial score (nSPS) is 25.0. The minimum absolute atomic E-state index is 0.216. The van der Waals surface area contributed by atoms with Crippen molar-refractivity contribution in [2.75, 3.05) is 5.32 Å². The lowest BCUT2D eigenvalue weighted by Crippen LogP contribution is -2.64. The molecule has 0 spiro atoms. The number of carbonyl (C=O) groups excluding carboxylic acids is 3. The topological polar surface area (TPSA) is 66.5 Å². The zero-order valence-electron chi connectivity index (χ0n) is 19.6. The Labute approximate surface area is 190 Å². The summed E-state index contributed by atoms with van der Waals surface area (Å²) < 4.78 is 0. The highest BCUT2D eigenvalue weighted by Crippen LogP contribution is 2.60. The first kappa shape index (κ1) is 22.3. The number of hydrogen-bond donors (Lipinski definition) is 1. The van der Waals surface area contributed by atoms with Gasteiger partial charge in [0, 0.05) is 18.0 Å². The van der Waals surface area contributed by atoms with Gasteiger partial charge in [0.05, 0.1) is 5.41 Å². The van der Waals surface area contributed by atoms with E-state index in [1.807, 2.05) is 83.1 Å². The largest absolute Gasteiger partial charge is 0.324 e. The SMILES string of the molecule is Cc1ccc(C)c(NC(=O)C(Cc2ccccc2)N2C(=O)C3CCC(C)(C2=O)C3(C)C)c1. The molecule has 4 rings (SSSR count). The average Bonchev–Trinajstić information content (AvgIpc) is 2.93. The van der Waals surface area contributed by atoms with Crippen LogP contribution in [0.3, 0.4) is 0 Å². The van der Waals surface area contributed by atoms with Crippen molar-refractivity contribution in [3.8, 4) is 0 Å². The molecule has 2 aliphatic rings. The Bertz CT molecular complexity index is 1080. The van der Waals surface area contributed by atoms with E-state index in [-0.39, 0.29) is 30.1 Å². The number of piperidine rings is 1. The van der Waals surface area contributed by atoms with Crippen molar-refractivity contribution in [3.63, 3.8) is 0 Å². The molecule has 2 aromatic rings. The number of likely N-dealkylation sites (tertiary alicyclic amines) is 1.